The van der Waals surface area contributed by atoms with Gasteiger partial charge in [-0.15, -0.1) is 0 Å². The minimum Gasteiger partial charge on any atom is -0.388 e. The molecule has 0 bridgehead atoms. The highest BCUT2D eigenvalue weighted by Gasteiger charge is 2.34. The summed E-state index contributed by atoms with van der Waals surface area (Å²) in [6, 6.07) is 4.89. The summed E-state index contributed by atoms with van der Waals surface area (Å²) in [4.78, 5) is 0. The number of nitriles is 1. The molecule has 0 atom stereocenters. The first kappa shape index (κ1) is 14.7. The van der Waals surface area contributed by atoms with Crippen LogP contribution in [0, 0.1) is 11.3 Å². The fourth-order valence-electron chi connectivity index (χ4n) is 2.47. The molecule has 6 heteroatoms. The molecule has 0 saturated heterocycles. The lowest BCUT2D eigenvalue weighted by atomic mass is 10.0. The number of benzene rings is 1. The van der Waals surface area contributed by atoms with Crippen LogP contribution in [0.1, 0.15) is 36.8 Å². The number of rotatable bonds is 3. The Bertz CT molecular complexity index is 528. The molecule has 1 aromatic rings. The van der Waals surface area contributed by atoms with Gasteiger partial charge in [-0.3, -0.25) is 0 Å². The van der Waals surface area contributed by atoms with E-state index in [9.17, 15) is 18.3 Å². The number of aliphatic hydroxyl groups is 1. The molecular weight excluding hydrogens is 269 g/mol. The van der Waals surface area contributed by atoms with Crippen molar-refractivity contribution in [2.75, 3.05) is 11.9 Å². The van der Waals surface area contributed by atoms with Crippen LogP contribution in [-0.4, -0.2) is 17.3 Å². The van der Waals surface area contributed by atoms with Crippen molar-refractivity contribution >= 4 is 5.69 Å². The molecule has 0 aromatic heterocycles. The average Bonchev–Trinajstić information content (AvgIpc) is 2.82. The van der Waals surface area contributed by atoms with E-state index in [1.165, 1.54) is 12.1 Å². The third-order valence-corrected chi connectivity index (χ3v) is 3.60. The summed E-state index contributed by atoms with van der Waals surface area (Å²) in [5.41, 5.74) is -1.74. The Hall–Kier alpha value is -1.74. The summed E-state index contributed by atoms with van der Waals surface area (Å²) in [6.45, 7) is 0.281. The van der Waals surface area contributed by atoms with Gasteiger partial charge in [0.15, 0.2) is 0 Å². The number of alkyl halides is 3. The van der Waals surface area contributed by atoms with Crippen molar-refractivity contribution in [3.8, 4) is 6.07 Å². The maximum Gasteiger partial charge on any atom is 0.417 e. The second kappa shape index (κ2) is 5.33. The molecule has 2 rings (SSSR count). The van der Waals surface area contributed by atoms with Gasteiger partial charge in [-0.2, -0.15) is 18.4 Å². The number of anilines is 1. The van der Waals surface area contributed by atoms with Gasteiger partial charge in [0.2, 0.25) is 0 Å². The molecular formula is C14H15F3N2O. The van der Waals surface area contributed by atoms with E-state index in [0.717, 1.165) is 18.9 Å². The van der Waals surface area contributed by atoms with Crippen molar-refractivity contribution in [2.24, 2.45) is 0 Å². The lowest BCUT2D eigenvalue weighted by molar-refractivity contribution is -0.137. The van der Waals surface area contributed by atoms with E-state index in [0.29, 0.717) is 18.5 Å². The molecule has 1 aliphatic carbocycles. The fourth-order valence-corrected chi connectivity index (χ4v) is 2.47. The van der Waals surface area contributed by atoms with Gasteiger partial charge in [0, 0.05) is 12.2 Å². The SMILES string of the molecule is N#Cc1cc(NCC2(O)CCCC2)ccc1C(F)(F)F. The standard InChI is InChI=1S/C14H15F3N2O/c15-14(16,17)12-4-3-11(7-10(12)8-18)19-9-13(20)5-1-2-6-13/h3-4,7,19-20H,1-2,5-6,9H2. The molecule has 2 N–H and O–H groups in total. The van der Waals surface area contributed by atoms with Crippen molar-refractivity contribution in [3.05, 3.63) is 29.3 Å². The molecule has 1 aromatic carbocycles. The normalized spacial score (nSPS) is 17.8. The van der Waals surface area contributed by atoms with Gasteiger partial charge in [-0.05, 0) is 31.0 Å². The zero-order chi connectivity index (χ0) is 14.8. The zero-order valence-corrected chi connectivity index (χ0v) is 10.8. The molecule has 1 fully saturated rings. The van der Waals surface area contributed by atoms with Crippen LogP contribution in [-0.2, 0) is 6.18 Å². The van der Waals surface area contributed by atoms with Crippen molar-refractivity contribution in [3.63, 3.8) is 0 Å². The van der Waals surface area contributed by atoms with Crippen LogP contribution in [0.5, 0.6) is 0 Å². The smallest absolute Gasteiger partial charge is 0.388 e. The third-order valence-electron chi connectivity index (χ3n) is 3.60. The summed E-state index contributed by atoms with van der Waals surface area (Å²) in [6.07, 6.45) is -1.26. The van der Waals surface area contributed by atoms with Crippen LogP contribution in [0.15, 0.2) is 18.2 Å². The highest BCUT2D eigenvalue weighted by molar-refractivity contribution is 5.53. The quantitative estimate of drug-likeness (QED) is 0.895. The summed E-state index contributed by atoms with van der Waals surface area (Å²) in [5, 5.41) is 21.9. The topological polar surface area (TPSA) is 56.0 Å². The van der Waals surface area contributed by atoms with Gasteiger partial charge < -0.3 is 10.4 Å². The van der Waals surface area contributed by atoms with E-state index in [-0.39, 0.29) is 6.54 Å². The van der Waals surface area contributed by atoms with Crippen molar-refractivity contribution in [1.82, 2.24) is 0 Å². The first-order valence-corrected chi connectivity index (χ1v) is 6.42. The highest BCUT2D eigenvalue weighted by atomic mass is 19.4. The molecule has 0 radical (unpaired) electrons. The number of nitrogens with one attached hydrogen (secondary N) is 1. The summed E-state index contributed by atoms with van der Waals surface area (Å²) in [5.74, 6) is 0. The van der Waals surface area contributed by atoms with Crippen LogP contribution in [0.2, 0.25) is 0 Å². The largest absolute Gasteiger partial charge is 0.417 e. The van der Waals surface area contributed by atoms with Gasteiger partial charge >= 0.3 is 6.18 Å². The van der Waals surface area contributed by atoms with Gasteiger partial charge in [0.05, 0.1) is 22.8 Å². The molecule has 0 heterocycles. The average molecular weight is 284 g/mol. The zero-order valence-electron chi connectivity index (χ0n) is 10.8. The van der Waals surface area contributed by atoms with Crippen LogP contribution in [0.25, 0.3) is 0 Å². The second-order valence-corrected chi connectivity index (χ2v) is 5.15. The van der Waals surface area contributed by atoms with E-state index in [4.69, 9.17) is 5.26 Å². The Labute approximate surface area is 115 Å². The number of hydrogen-bond donors (Lipinski definition) is 2. The Morgan fingerprint density at radius 3 is 2.50 bits per heavy atom. The third kappa shape index (κ3) is 3.23. The predicted octanol–water partition coefficient (Wildman–Crippen LogP) is 3.29. The molecule has 108 valence electrons. The molecule has 0 aliphatic heterocycles. The number of nitrogens with zero attached hydrogens (tertiary/aromatic N) is 1. The molecule has 0 unspecified atom stereocenters. The summed E-state index contributed by atoms with van der Waals surface area (Å²) in [7, 11) is 0. The Kier molecular flexibility index (Phi) is 3.91. The van der Waals surface area contributed by atoms with Crippen LogP contribution >= 0.6 is 0 Å². The van der Waals surface area contributed by atoms with Gasteiger partial charge in [0.25, 0.3) is 0 Å². The van der Waals surface area contributed by atoms with E-state index in [2.05, 4.69) is 5.32 Å². The summed E-state index contributed by atoms with van der Waals surface area (Å²) < 4.78 is 37.9. The van der Waals surface area contributed by atoms with Crippen molar-refractivity contribution in [1.29, 1.82) is 5.26 Å². The first-order chi connectivity index (χ1) is 9.34. The fraction of sp³-hybridized carbons (Fsp3) is 0.500. The molecule has 3 nitrogen and oxygen atoms in total. The Morgan fingerprint density at radius 1 is 1.30 bits per heavy atom. The Morgan fingerprint density at radius 2 is 1.95 bits per heavy atom. The molecule has 0 amide bonds. The summed E-state index contributed by atoms with van der Waals surface area (Å²) >= 11 is 0. The van der Waals surface area contributed by atoms with Gasteiger partial charge in [0.1, 0.15) is 0 Å². The first-order valence-electron chi connectivity index (χ1n) is 6.42. The Balaban J connectivity index is 2.12. The van der Waals surface area contributed by atoms with Gasteiger partial charge in [-0.1, -0.05) is 12.8 Å². The maximum absolute atomic E-state index is 12.6. The van der Waals surface area contributed by atoms with E-state index >= 15 is 0 Å². The van der Waals surface area contributed by atoms with Gasteiger partial charge in [-0.25, -0.2) is 0 Å². The van der Waals surface area contributed by atoms with E-state index in [1.54, 1.807) is 6.07 Å². The van der Waals surface area contributed by atoms with Crippen molar-refractivity contribution in [2.45, 2.75) is 37.5 Å². The van der Waals surface area contributed by atoms with Crippen LogP contribution < -0.4 is 5.32 Å². The minimum absolute atomic E-state index is 0.281. The van der Waals surface area contributed by atoms with Crippen LogP contribution in [0.3, 0.4) is 0 Å². The van der Waals surface area contributed by atoms with E-state index < -0.39 is 22.9 Å². The lowest BCUT2D eigenvalue weighted by Gasteiger charge is -2.23. The van der Waals surface area contributed by atoms with E-state index in [1.807, 2.05) is 0 Å². The second-order valence-electron chi connectivity index (χ2n) is 5.15. The molecule has 1 saturated carbocycles. The minimum atomic E-state index is -4.53. The van der Waals surface area contributed by atoms with Crippen LogP contribution in [0.4, 0.5) is 18.9 Å². The highest BCUT2D eigenvalue weighted by Crippen LogP contribution is 2.34. The van der Waals surface area contributed by atoms with Crippen molar-refractivity contribution < 1.29 is 18.3 Å². The monoisotopic (exact) mass is 284 g/mol. The molecule has 20 heavy (non-hydrogen) atoms. The molecule has 0 spiro atoms. The number of hydrogen-bond acceptors (Lipinski definition) is 3. The predicted molar refractivity (Wildman–Crippen MR) is 68.1 cm³/mol. The number of halogens is 3. The molecule has 1 aliphatic rings. The lowest BCUT2D eigenvalue weighted by Crippen LogP contribution is -2.33. The maximum atomic E-state index is 12.6.